The van der Waals surface area contributed by atoms with E-state index in [4.69, 9.17) is 0 Å². The minimum Gasteiger partial charge on any atom is -0.265 e. The molecule has 2 rings (SSSR count). The summed E-state index contributed by atoms with van der Waals surface area (Å²) in [6.45, 7) is 0. The quantitative estimate of drug-likeness (QED) is 0.800. The lowest BCUT2D eigenvalue weighted by atomic mass is 10.2. The van der Waals surface area contributed by atoms with E-state index in [-0.39, 0.29) is 4.34 Å². The number of sulfone groups is 1. The summed E-state index contributed by atoms with van der Waals surface area (Å²) in [5.41, 5.74) is 1.54. The molecule has 0 aliphatic heterocycles. The van der Waals surface area contributed by atoms with E-state index in [2.05, 4.69) is 9.97 Å². The van der Waals surface area contributed by atoms with Crippen molar-refractivity contribution in [1.82, 2.24) is 9.97 Å². The molecule has 0 radical (unpaired) electrons. The first-order valence-electron chi connectivity index (χ1n) is 4.13. The molecule has 6 heteroatoms. The zero-order valence-electron chi connectivity index (χ0n) is 7.91. The average Bonchev–Trinajstić information content (AvgIpc) is 2.67. The van der Waals surface area contributed by atoms with Gasteiger partial charge in [0.25, 0.3) is 0 Å². The van der Waals surface area contributed by atoms with Crippen LogP contribution in [-0.4, -0.2) is 24.6 Å². The minimum absolute atomic E-state index is 0.148. The summed E-state index contributed by atoms with van der Waals surface area (Å²) in [6.07, 6.45) is 4.45. The number of thiazole rings is 1. The summed E-state index contributed by atoms with van der Waals surface area (Å²) >= 11 is 1.13. The van der Waals surface area contributed by atoms with Crippen LogP contribution < -0.4 is 0 Å². The van der Waals surface area contributed by atoms with Gasteiger partial charge >= 0.3 is 0 Å². The molecule has 0 aromatic carbocycles. The van der Waals surface area contributed by atoms with E-state index in [1.807, 2.05) is 0 Å². The lowest BCUT2D eigenvalue weighted by Gasteiger charge is -1.93. The third-order valence-electron chi connectivity index (χ3n) is 1.78. The highest BCUT2D eigenvalue weighted by molar-refractivity contribution is 7.92. The molecule has 0 aliphatic rings. The second-order valence-electron chi connectivity index (χ2n) is 3.01. The Hall–Kier alpha value is -1.27. The molecule has 0 fully saturated rings. The van der Waals surface area contributed by atoms with Gasteiger partial charge in [-0.3, -0.25) is 4.98 Å². The van der Waals surface area contributed by atoms with Crippen LogP contribution in [0.15, 0.2) is 34.2 Å². The molecule has 4 nitrogen and oxygen atoms in total. The van der Waals surface area contributed by atoms with E-state index in [1.54, 1.807) is 29.9 Å². The van der Waals surface area contributed by atoms with Crippen molar-refractivity contribution in [3.63, 3.8) is 0 Å². The van der Waals surface area contributed by atoms with Crippen LogP contribution in [0.2, 0.25) is 0 Å². The highest BCUT2D eigenvalue weighted by Crippen LogP contribution is 2.23. The van der Waals surface area contributed by atoms with Crippen molar-refractivity contribution in [3.05, 3.63) is 29.9 Å². The van der Waals surface area contributed by atoms with Gasteiger partial charge in [-0.2, -0.15) is 0 Å². The first kappa shape index (κ1) is 10.3. The van der Waals surface area contributed by atoms with Crippen LogP contribution in [0.4, 0.5) is 0 Å². The van der Waals surface area contributed by atoms with Gasteiger partial charge in [-0.25, -0.2) is 13.4 Å². The molecule has 15 heavy (non-hydrogen) atoms. The Kier molecular flexibility index (Phi) is 2.54. The molecule has 2 aromatic rings. The van der Waals surface area contributed by atoms with Crippen molar-refractivity contribution in [2.75, 3.05) is 6.26 Å². The predicted octanol–water partition coefficient (Wildman–Crippen LogP) is 1.61. The molecule has 2 aromatic heterocycles. The molecule has 0 atom stereocenters. The highest BCUT2D eigenvalue weighted by Gasteiger charge is 2.12. The van der Waals surface area contributed by atoms with E-state index in [0.717, 1.165) is 23.2 Å². The number of pyridine rings is 1. The topological polar surface area (TPSA) is 59.9 Å². The van der Waals surface area contributed by atoms with E-state index in [9.17, 15) is 8.42 Å². The van der Waals surface area contributed by atoms with Crippen molar-refractivity contribution in [2.24, 2.45) is 0 Å². The largest absolute Gasteiger partial charge is 0.265 e. The van der Waals surface area contributed by atoms with Gasteiger partial charge in [0.1, 0.15) is 0 Å². The zero-order valence-corrected chi connectivity index (χ0v) is 9.55. The van der Waals surface area contributed by atoms with Gasteiger partial charge in [-0.15, -0.1) is 11.3 Å². The molecule has 78 valence electrons. The van der Waals surface area contributed by atoms with Gasteiger partial charge in [-0.05, 0) is 12.1 Å². The van der Waals surface area contributed by atoms with Crippen molar-refractivity contribution in [2.45, 2.75) is 4.34 Å². The molecule has 0 amide bonds. The summed E-state index contributed by atoms with van der Waals surface area (Å²) in [5.74, 6) is 0. The van der Waals surface area contributed by atoms with Gasteiger partial charge in [0.2, 0.25) is 14.2 Å². The van der Waals surface area contributed by atoms with Crippen LogP contribution in [0.25, 0.3) is 11.3 Å². The SMILES string of the molecule is CS(=O)(=O)c1nc(-c2ccncc2)cs1. The van der Waals surface area contributed by atoms with Crippen molar-refractivity contribution < 1.29 is 8.42 Å². The molecule has 0 aliphatic carbocycles. The molecule has 0 unspecified atom stereocenters. The van der Waals surface area contributed by atoms with Crippen LogP contribution in [0, 0.1) is 0 Å². The summed E-state index contributed by atoms with van der Waals surface area (Å²) in [7, 11) is -3.20. The molecule has 2 heterocycles. The number of hydrogen-bond donors (Lipinski definition) is 0. The molecule has 0 saturated carbocycles. The summed E-state index contributed by atoms with van der Waals surface area (Å²) < 4.78 is 22.6. The lowest BCUT2D eigenvalue weighted by Crippen LogP contribution is -1.95. The fourth-order valence-electron chi connectivity index (χ4n) is 1.08. The number of hydrogen-bond acceptors (Lipinski definition) is 5. The van der Waals surface area contributed by atoms with Crippen molar-refractivity contribution in [3.8, 4) is 11.3 Å². The first-order valence-corrected chi connectivity index (χ1v) is 6.90. The van der Waals surface area contributed by atoms with Gasteiger partial charge in [-0.1, -0.05) is 0 Å². The van der Waals surface area contributed by atoms with Crippen molar-refractivity contribution in [1.29, 1.82) is 0 Å². The Morgan fingerprint density at radius 1 is 1.27 bits per heavy atom. The van der Waals surface area contributed by atoms with Crippen LogP contribution in [-0.2, 0) is 9.84 Å². The summed E-state index contributed by atoms with van der Waals surface area (Å²) in [4.78, 5) is 7.94. The van der Waals surface area contributed by atoms with Gasteiger partial charge < -0.3 is 0 Å². The third kappa shape index (κ3) is 2.21. The number of rotatable bonds is 2. The van der Waals surface area contributed by atoms with Crippen molar-refractivity contribution >= 4 is 21.2 Å². The highest BCUT2D eigenvalue weighted by atomic mass is 32.2. The smallest absolute Gasteiger partial charge is 0.209 e. The molecular formula is C9H8N2O2S2. The zero-order chi connectivity index (χ0) is 10.9. The molecule has 0 N–H and O–H groups in total. The van der Waals surface area contributed by atoms with Crippen LogP contribution in [0.3, 0.4) is 0 Å². The maximum Gasteiger partial charge on any atom is 0.209 e. The van der Waals surface area contributed by atoms with Gasteiger partial charge in [0.15, 0.2) is 0 Å². The fraction of sp³-hybridized carbons (Fsp3) is 0.111. The maximum atomic E-state index is 11.2. The molecule has 0 spiro atoms. The Balaban J connectivity index is 2.46. The minimum atomic E-state index is -3.20. The van der Waals surface area contributed by atoms with Crippen LogP contribution >= 0.6 is 11.3 Å². The van der Waals surface area contributed by atoms with Crippen LogP contribution in [0.5, 0.6) is 0 Å². The molecule has 0 saturated heterocycles. The Morgan fingerprint density at radius 2 is 1.93 bits per heavy atom. The second kappa shape index (κ2) is 3.71. The molecular weight excluding hydrogens is 232 g/mol. The van der Waals surface area contributed by atoms with Gasteiger partial charge in [0.05, 0.1) is 5.69 Å². The number of aromatic nitrogens is 2. The summed E-state index contributed by atoms with van der Waals surface area (Å²) in [5, 5.41) is 1.73. The van der Waals surface area contributed by atoms with E-state index < -0.39 is 9.84 Å². The Morgan fingerprint density at radius 3 is 2.47 bits per heavy atom. The van der Waals surface area contributed by atoms with E-state index >= 15 is 0 Å². The third-order valence-corrected chi connectivity index (χ3v) is 4.33. The predicted molar refractivity (Wildman–Crippen MR) is 58.5 cm³/mol. The van der Waals surface area contributed by atoms with Gasteiger partial charge in [0, 0.05) is 29.6 Å². The maximum absolute atomic E-state index is 11.2. The summed E-state index contributed by atoms with van der Waals surface area (Å²) in [6, 6.07) is 3.59. The number of nitrogens with zero attached hydrogens (tertiary/aromatic N) is 2. The monoisotopic (exact) mass is 240 g/mol. The first-order chi connectivity index (χ1) is 7.07. The second-order valence-corrected chi connectivity index (χ2v) is 6.05. The van der Waals surface area contributed by atoms with E-state index in [0.29, 0.717) is 5.69 Å². The van der Waals surface area contributed by atoms with Crippen LogP contribution in [0.1, 0.15) is 0 Å². The normalized spacial score (nSPS) is 11.5. The standard InChI is InChI=1S/C9H8N2O2S2/c1-15(12,13)9-11-8(6-14-9)7-2-4-10-5-3-7/h2-6H,1H3. The Labute approximate surface area is 91.6 Å². The molecule has 0 bridgehead atoms. The lowest BCUT2D eigenvalue weighted by molar-refractivity contribution is 0.601. The average molecular weight is 240 g/mol. The Bertz CT molecular complexity index is 561. The van der Waals surface area contributed by atoms with E-state index in [1.165, 1.54) is 0 Å². The fourth-order valence-corrected chi connectivity index (χ4v) is 2.74.